The fourth-order valence-corrected chi connectivity index (χ4v) is 2.73. The number of hydrogen-bond acceptors (Lipinski definition) is 2. The van der Waals surface area contributed by atoms with Crippen molar-refractivity contribution < 1.29 is 14.7 Å². The lowest BCUT2D eigenvalue weighted by molar-refractivity contribution is -0.139. The van der Waals surface area contributed by atoms with Crippen molar-refractivity contribution in [2.24, 2.45) is 0 Å². The smallest absolute Gasteiger partial charge is 0.303 e. The first kappa shape index (κ1) is 13.6. The molecule has 0 radical (unpaired) electrons. The Bertz CT molecular complexity index is 464. The molecule has 1 aliphatic carbocycles. The number of carboxylic acid groups (broad SMARTS) is 1. The summed E-state index contributed by atoms with van der Waals surface area (Å²) < 4.78 is 0. The van der Waals surface area contributed by atoms with Gasteiger partial charge in [0.15, 0.2) is 0 Å². The molecule has 1 amide bonds. The van der Waals surface area contributed by atoms with Gasteiger partial charge in [-0.2, -0.15) is 0 Å². The van der Waals surface area contributed by atoms with Crippen molar-refractivity contribution in [1.29, 1.82) is 0 Å². The van der Waals surface area contributed by atoms with Crippen LogP contribution in [0.4, 0.5) is 0 Å². The minimum Gasteiger partial charge on any atom is -0.481 e. The van der Waals surface area contributed by atoms with E-state index in [9.17, 15) is 9.59 Å². The van der Waals surface area contributed by atoms with Crippen LogP contribution in [-0.4, -0.2) is 23.0 Å². The highest BCUT2D eigenvalue weighted by atomic mass is 16.4. The minimum atomic E-state index is -0.933. The average molecular weight is 261 g/mol. The Balaban J connectivity index is 1.80. The SMILES string of the molecule is CC1(c2ccccc2)CC(NC(=O)CCC(=O)O)C1. The standard InChI is InChI=1S/C15H19NO3/c1-15(11-5-3-2-4-6-11)9-12(10-15)16-13(17)7-8-14(18)19/h2-6,12H,7-10H2,1H3,(H,16,17)(H,18,19). The van der Waals surface area contributed by atoms with Crippen molar-refractivity contribution in [1.82, 2.24) is 5.32 Å². The molecule has 1 aliphatic rings. The van der Waals surface area contributed by atoms with Gasteiger partial charge in [-0.25, -0.2) is 0 Å². The molecule has 0 aromatic heterocycles. The van der Waals surface area contributed by atoms with Crippen molar-refractivity contribution in [3.63, 3.8) is 0 Å². The number of rotatable bonds is 5. The van der Waals surface area contributed by atoms with Gasteiger partial charge in [-0.15, -0.1) is 0 Å². The number of carbonyl (C=O) groups excluding carboxylic acids is 1. The molecule has 1 aromatic carbocycles. The third-order valence-corrected chi connectivity index (χ3v) is 3.80. The van der Waals surface area contributed by atoms with E-state index in [1.165, 1.54) is 5.56 Å². The van der Waals surface area contributed by atoms with Gasteiger partial charge in [0.2, 0.25) is 5.91 Å². The van der Waals surface area contributed by atoms with Gasteiger partial charge in [-0.05, 0) is 23.8 Å². The molecular formula is C15H19NO3. The fraction of sp³-hybridized carbons (Fsp3) is 0.467. The van der Waals surface area contributed by atoms with Crippen LogP contribution < -0.4 is 5.32 Å². The summed E-state index contributed by atoms with van der Waals surface area (Å²) in [5, 5.41) is 11.4. The molecule has 4 nitrogen and oxygen atoms in total. The summed E-state index contributed by atoms with van der Waals surface area (Å²) in [7, 11) is 0. The molecule has 2 N–H and O–H groups in total. The van der Waals surface area contributed by atoms with Crippen LogP contribution in [0.3, 0.4) is 0 Å². The van der Waals surface area contributed by atoms with Crippen molar-refractivity contribution in [2.75, 3.05) is 0 Å². The van der Waals surface area contributed by atoms with E-state index >= 15 is 0 Å². The molecule has 4 heteroatoms. The molecule has 102 valence electrons. The van der Waals surface area contributed by atoms with Crippen LogP contribution in [0.25, 0.3) is 0 Å². The van der Waals surface area contributed by atoms with Gasteiger partial charge in [-0.3, -0.25) is 9.59 Å². The molecule has 1 fully saturated rings. The zero-order valence-corrected chi connectivity index (χ0v) is 11.1. The average Bonchev–Trinajstić information content (AvgIpc) is 2.35. The highest BCUT2D eigenvalue weighted by molar-refractivity contribution is 5.80. The summed E-state index contributed by atoms with van der Waals surface area (Å²) in [5.41, 5.74) is 1.43. The zero-order chi connectivity index (χ0) is 13.9. The monoisotopic (exact) mass is 261 g/mol. The summed E-state index contributed by atoms with van der Waals surface area (Å²) in [6, 6.07) is 10.5. The Kier molecular flexibility index (Phi) is 3.88. The number of nitrogens with one attached hydrogen (secondary N) is 1. The van der Waals surface area contributed by atoms with E-state index in [-0.39, 0.29) is 30.2 Å². The molecule has 0 heterocycles. The number of amides is 1. The Labute approximate surface area is 112 Å². The van der Waals surface area contributed by atoms with Gasteiger partial charge < -0.3 is 10.4 Å². The number of benzene rings is 1. The molecule has 0 spiro atoms. The number of carbonyl (C=O) groups is 2. The lowest BCUT2D eigenvalue weighted by Crippen LogP contribution is -2.51. The normalized spacial score (nSPS) is 25.4. The molecule has 0 atom stereocenters. The maximum atomic E-state index is 11.5. The second-order valence-electron chi connectivity index (χ2n) is 5.49. The number of hydrogen-bond donors (Lipinski definition) is 2. The van der Waals surface area contributed by atoms with E-state index in [1.807, 2.05) is 18.2 Å². The maximum absolute atomic E-state index is 11.5. The highest BCUT2D eigenvalue weighted by Crippen LogP contribution is 2.43. The predicted octanol–water partition coefficient (Wildman–Crippen LogP) is 2.09. The van der Waals surface area contributed by atoms with Crippen molar-refractivity contribution in [3.8, 4) is 0 Å². The van der Waals surface area contributed by atoms with Gasteiger partial charge in [0.05, 0.1) is 6.42 Å². The summed E-state index contributed by atoms with van der Waals surface area (Å²) in [6.07, 6.45) is 1.79. The lowest BCUT2D eigenvalue weighted by Gasteiger charge is -2.46. The number of aliphatic carboxylic acids is 1. The third-order valence-electron chi connectivity index (χ3n) is 3.80. The first-order chi connectivity index (χ1) is 8.99. The largest absolute Gasteiger partial charge is 0.481 e. The predicted molar refractivity (Wildman–Crippen MR) is 71.8 cm³/mol. The van der Waals surface area contributed by atoms with Gasteiger partial charge in [0.25, 0.3) is 0 Å². The summed E-state index contributed by atoms with van der Waals surface area (Å²) in [5.74, 6) is -1.10. The first-order valence-corrected chi connectivity index (χ1v) is 6.56. The minimum absolute atomic E-state index is 0.0634. The van der Waals surface area contributed by atoms with Crippen molar-refractivity contribution >= 4 is 11.9 Å². The van der Waals surface area contributed by atoms with Crippen LogP contribution >= 0.6 is 0 Å². The van der Waals surface area contributed by atoms with E-state index in [1.54, 1.807) is 0 Å². The van der Waals surface area contributed by atoms with Crippen LogP contribution in [0.1, 0.15) is 38.2 Å². The Morgan fingerprint density at radius 1 is 1.26 bits per heavy atom. The topological polar surface area (TPSA) is 66.4 Å². The maximum Gasteiger partial charge on any atom is 0.303 e. The van der Waals surface area contributed by atoms with Crippen LogP contribution in [0.2, 0.25) is 0 Å². The summed E-state index contributed by atoms with van der Waals surface area (Å²) >= 11 is 0. The van der Waals surface area contributed by atoms with E-state index in [2.05, 4.69) is 24.4 Å². The van der Waals surface area contributed by atoms with Crippen LogP contribution in [0.5, 0.6) is 0 Å². The third kappa shape index (κ3) is 3.34. The zero-order valence-electron chi connectivity index (χ0n) is 11.1. The molecule has 0 bridgehead atoms. The Hall–Kier alpha value is -1.84. The van der Waals surface area contributed by atoms with Gasteiger partial charge >= 0.3 is 5.97 Å². The Morgan fingerprint density at radius 3 is 2.47 bits per heavy atom. The molecule has 0 saturated heterocycles. The molecule has 2 rings (SSSR count). The fourth-order valence-electron chi connectivity index (χ4n) is 2.73. The van der Waals surface area contributed by atoms with Crippen molar-refractivity contribution in [3.05, 3.63) is 35.9 Å². The van der Waals surface area contributed by atoms with Crippen molar-refractivity contribution in [2.45, 2.75) is 44.1 Å². The molecule has 0 aliphatic heterocycles. The van der Waals surface area contributed by atoms with Gasteiger partial charge in [0, 0.05) is 12.5 Å². The van der Waals surface area contributed by atoms with Crippen LogP contribution in [0.15, 0.2) is 30.3 Å². The van der Waals surface area contributed by atoms with E-state index in [0.29, 0.717) is 0 Å². The Morgan fingerprint density at radius 2 is 1.89 bits per heavy atom. The molecule has 1 saturated carbocycles. The lowest BCUT2D eigenvalue weighted by atomic mass is 9.63. The summed E-state index contributed by atoms with van der Waals surface area (Å²) in [6.45, 7) is 2.20. The summed E-state index contributed by atoms with van der Waals surface area (Å²) in [4.78, 5) is 21.9. The second-order valence-corrected chi connectivity index (χ2v) is 5.49. The van der Waals surface area contributed by atoms with E-state index in [4.69, 9.17) is 5.11 Å². The molecule has 0 unspecified atom stereocenters. The second kappa shape index (κ2) is 5.43. The molecule has 19 heavy (non-hydrogen) atoms. The highest BCUT2D eigenvalue weighted by Gasteiger charge is 2.41. The van der Waals surface area contributed by atoms with Crippen LogP contribution in [-0.2, 0) is 15.0 Å². The quantitative estimate of drug-likeness (QED) is 0.853. The first-order valence-electron chi connectivity index (χ1n) is 6.56. The van der Waals surface area contributed by atoms with E-state index in [0.717, 1.165) is 12.8 Å². The number of carboxylic acids is 1. The van der Waals surface area contributed by atoms with Gasteiger partial charge in [-0.1, -0.05) is 37.3 Å². The molecular weight excluding hydrogens is 242 g/mol. The molecule has 1 aromatic rings. The van der Waals surface area contributed by atoms with E-state index < -0.39 is 5.97 Å². The van der Waals surface area contributed by atoms with Crippen LogP contribution in [0, 0.1) is 0 Å². The van der Waals surface area contributed by atoms with Gasteiger partial charge in [0.1, 0.15) is 0 Å².